The Morgan fingerprint density at radius 2 is 1.97 bits per heavy atom. The van der Waals surface area contributed by atoms with Crippen molar-refractivity contribution in [3.05, 3.63) is 65.3 Å². The Hall–Kier alpha value is -3.36. The second-order valence-electron chi connectivity index (χ2n) is 10.5. The number of anilines is 2. The summed E-state index contributed by atoms with van der Waals surface area (Å²) in [7, 11) is 5.94. The maximum Gasteiger partial charge on any atom is 0.318 e. The molecule has 0 bridgehead atoms. The van der Waals surface area contributed by atoms with E-state index in [2.05, 4.69) is 52.6 Å². The molecule has 0 N–H and O–H groups in total. The number of amides is 1. The van der Waals surface area contributed by atoms with E-state index in [1.165, 1.54) is 12.5 Å². The minimum Gasteiger partial charge on any atom is -0.462 e. The molecule has 1 saturated heterocycles. The lowest BCUT2D eigenvalue weighted by Gasteiger charge is -2.33. The lowest BCUT2D eigenvalue weighted by atomic mass is 10.0. The van der Waals surface area contributed by atoms with Gasteiger partial charge < -0.3 is 24.3 Å². The molecule has 0 saturated carbocycles. The summed E-state index contributed by atoms with van der Waals surface area (Å²) in [5.41, 5.74) is 3.20. The summed E-state index contributed by atoms with van der Waals surface area (Å²) in [4.78, 5) is 30.3. The number of ether oxygens (including phenoxy) is 1. The molecule has 0 aliphatic carbocycles. The summed E-state index contributed by atoms with van der Waals surface area (Å²) in [5.74, 6) is 0.770. The van der Waals surface area contributed by atoms with Crippen LogP contribution in [-0.4, -0.2) is 85.6 Å². The molecule has 9 heteroatoms. The Balaban J connectivity index is 1.44. The van der Waals surface area contributed by atoms with Crippen molar-refractivity contribution in [2.45, 2.75) is 31.8 Å². The first kappa shape index (κ1) is 27.2. The predicted molar refractivity (Wildman–Crippen MR) is 158 cm³/mol. The number of hydrogen-bond donors (Lipinski definition) is 0. The van der Waals surface area contributed by atoms with Crippen LogP contribution in [0, 0.1) is 0 Å². The van der Waals surface area contributed by atoms with Crippen LogP contribution in [0.4, 0.5) is 11.5 Å². The van der Waals surface area contributed by atoms with Gasteiger partial charge in [0.25, 0.3) is 0 Å². The average molecular weight is 549 g/mol. The third-order valence-corrected chi connectivity index (χ3v) is 8.27. The topological polar surface area (TPSA) is 65.0 Å². The van der Waals surface area contributed by atoms with E-state index in [9.17, 15) is 4.79 Å². The summed E-state index contributed by atoms with van der Waals surface area (Å²) < 4.78 is 6.22. The summed E-state index contributed by atoms with van der Waals surface area (Å²) in [5, 5.41) is 2.93. The number of benzene rings is 2. The number of rotatable bonds is 9. The Kier molecular flexibility index (Phi) is 8.23. The molecule has 206 valence electrons. The van der Waals surface area contributed by atoms with Crippen LogP contribution < -0.4 is 14.5 Å². The van der Waals surface area contributed by atoms with Gasteiger partial charge in [-0.15, -0.1) is 0 Å². The number of likely N-dealkylation sites (N-methyl/N-ethyl adjacent to an activating group) is 3. The highest BCUT2D eigenvalue weighted by molar-refractivity contribution is 6.36. The number of carbonyl (C=O) groups excluding carboxylic acids is 1. The van der Waals surface area contributed by atoms with E-state index in [1.54, 1.807) is 11.9 Å². The SMILES string of the molecule is C=CC(=O)N(C)CCN(C)c1nc(OC[C@@H]2CCCN2C)nc2c1CCN(c1cccc3cccc(Cl)c13)C2. The molecule has 0 radical (unpaired) electrons. The van der Waals surface area contributed by atoms with Crippen molar-refractivity contribution in [2.24, 2.45) is 0 Å². The highest BCUT2D eigenvalue weighted by Crippen LogP contribution is 2.36. The molecule has 0 unspecified atom stereocenters. The molecule has 8 nitrogen and oxygen atoms in total. The van der Waals surface area contributed by atoms with Crippen molar-refractivity contribution in [2.75, 3.05) is 63.7 Å². The lowest BCUT2D eigenvalue weighted by molar-refractivity contribution is -0.124. The van der Waals surface area contributed by atoms with E-state index in [0.717, 1.165) is 64.5 Å². The van der Waals surface area contributed by atoms with Crippen molar-refractivity contribution in [1.29, 1.82) is 0 Å². The van der Waals surface area contributed by atoms with Crippen LogP contribution in [0.15, 0.2) is 49.1 Å². The van der Waals surface area contributed by atoms with Crippen molar-refractivity contribution in [3.63, 3.8) is 0 Å². The van der Waals surface area contributed by atoms with E-state index in [-0.39, 0.29) is 5.91 Å². The van der Waals surface area contributed by atoms with Gasteiger partial charge in [0, 0.05) is 56.4 Å². The van der Waals surface area contributed by atoms with E-state index < -0.39 is 0 Å². The number of halogens is 1. The van der Waals surface area contributed by atoms with Gasteiger partial charge in [-0.1, -0.05) is 42.4 Å². The second kappa shape index (κ2) is 11.8. The number of carbonyl (C=O) groups is 1. The number of hydrogen-bond acceptors (Lipinski definition) is 7. The molecule has 1 amide bonds. The van der Waals surface area contributed by atoms with E-state index in [0.29, 0.717) is 38.3 Å². The van der Waals surface area contributed by atoms with E-state index in [1.807, 2.05) is 19.2 Å². The van der Waals surface area contributed by atoms with Crippen LogP contribution >= 0.6 is 11.6 Å². The average Bonchev–Trinajstić information content (AvgIpc) is 3.37. The fraction of sp³-hybridized carbons (Fsp3) is 0.433. The van der Waals surface area contributed by atoms with Gasteiger partial charge in [-0.3, -0.25) is 4.79 Å². The van der Waals surface area contributed by atoms with Crippen molar-refractivity contribution in [3.8, 4) is 6.01 Å². The minimum atomic E-state index is -0.0952. The molecule has 2 aliphatic heterocycles. The first-order valence-corrected chi connectivity index (χ1v) is 14.0. The molecule has 39 heavy (non-hydrogen) atoms. The number of fused-ring (bicyclic) bond motifs is 2. The summed E-state index contributed by atoms with van der Waals surface area (Å²) in [6.07, 6.45) is 4.44. The zero-order valence-electron chi connectivity index (χ0n) is 23.1. The number of nitrogens with zero attached hydrogens (tertiary/aromatic N) is 6. The highest BCUT2D eigenvalue weighted by Gasteiger charge is 2.27. The third-order valence-electron chi connectivity index (χ3n) is 7.95. The molecular weight excluding hydrogens is 512 g/mol. The zero-order valence-corrected chi connectivity index (χ0v) is 23.8. The van der Waals surface area contributed by atoms with Gasteiger partial charge >= 0.3 is 6.01 Å². The normalized spacial score (nSPS) is 17.2. The van der Waals surface area contributed by atoms with Crippen LogP contribution in [-0.2, 0) is 17.8 Å². The molecule has 3 heterocycles. The van der Waals surface area contributed by atoms with Crippen LogP contribution in [0.1, 0.15) is 24.1 Å². The van der Waals surface area contributed by atoms with Crippen LogP contribution in [0.5, 0.6) is 6.01 Å². The number of aromatic nitrogens is 2. The van der Waals surface area contributed by atoms with Gasteiger partial charge in [-0.25, -0.2) is 0 Å². The zero-order chi connectivity index (χ0) is 27.5. The summed E-state index contributed by atoms with van der Waals surface area (Å²) >= 11 is 6.66. The third kappa shape index (κ3) is 5.82. The fourth-order valence-electron chi connectivity index (χ4n) is 5.55. The van der Waals surface area contributed by atoms with Crippen molar-refractivity contribution >= 4 is 39.8 Å². The first-order valence-electron chi connectivity index (χ1n) is 13.6. The minimum absolute atomic E-state index is 0.0952. The van der Waals surface area contributed by atoms with Gasteiger partial charge in [0.2, 0.25) is 5.91 Å². The first-order chi connectivity index (χ1) is 18.9. The maximum atomic E-state index is 12.0. The molecular formula is C30H37ClN6O2. The smallest absolute Gasteiger partial charge is 0.318 e. The van der Waals surface area contributed by atoms with Crippen LogP contribution in [0.2, 0.25) is 5.02 Å². The van der Waals surface area contributed by atoms with Crippen molar-refractivity contribution < 1.29 is 9.53 Å². The highest BCUT2D eigenvalue weighted by atomic mass is 35.5. The van der Waals surface area contributed by atoms with Crippen molar-refractivity contribution in [1.82, 2.24) is 19.8 Å². The summed E-state index contributed by atoms with van der Waals surface area (Å²) in [6.45, 7) is 7.90. The van der Waals surface area contributed by atoms with Crippen LogP contribution in [0.3, 0.4) is 0 Å². The van der Waals surface area contributed by atoms with E-state index in [4.69, 9.17) is 26.3 Å². The molecule has 3 aromatic rings. The van der Waals surface area contributed by atoms with Crippen LogP contribution in [0.25, 0.3) is 10.8 Å². The predicted octanol–water partition coefficient (Wildman–Crippen LogP) is 4.40. The Bertz CT molecular complexity index is 1360. The van der Waals surface area contributed by atoms with Gasteiger partial charge in [0.1, 0.15) is 12.4 Å². The summed E-state index contributed by atoms with van der Waals surface area (Å²) in [6, 6.07) is 13.1. The Morgan fingerprint density at radius 1 is 1.18 bits per heavy atom. The van der Waals surface area contributed by atoms with Gasteiger partial charge in [-0.2, -0.15) is 9.97 Å². The molecule has 1 fully saturated rings. The standard InChI is InChI=1S/C30H37ClN6O2/c1-5-27(38)35(3)17-18-36(4)29-23-14-16-37(26-13-7-10-21-9-6-12-24(31)28(21)26)19-25(23)32-30(33-29)39-20-22-11-8-15-34(22)2/h5-7,9-10,12-13,22H,1,8,11,14-20H2,2-4H3/t22-/m0/s1. The molecule has 2 aliphatic rings. The maximum absolute atomic E-state index is 12.0. The molecule has 5 rings (SSSR count). The van der Waals surface area contributed by atoms with Gasteiger partial charge in [-0.05, 0) is 56.4 Å². The Morgan fingerprint density at radius 3 is 2.72 bits per heavy atom. The fourth-order valence-corrected chi connectivity index (χ4v) is 5.83. The molecule has 1 aromatic heterocycles. The molecule has 2 aromatic carbocycles. The second-order valence-corrected chi connectivity index (χ2v) is 10.9. The molecule has 0 spiro atoms. The monoisotopic (exact) mass is 548 g/mol. The lowest BCUT2D eigenvalue weighted by Crippen LogP contribution is -2.37. The molecule has 1 atom stereocenters. The Labute approximate surface area is 235 Å². The quantitative estimate of drug-likeness (QED) is 0.367. The van der Waals surface area contributed by atoms with Gasteiger partial charge in [0.05, 0.1) is 17.3 Å². The largest absolute Gasteiger partial charge is 0.462 e. The number of likely N-dealkylation sites (tertiary alicyclic amines) is 1. The van der Waals surface area contributed by atoms with E-state index >= 15 is 0 Å². The van der Waals surface area contributed by atoms with Gasteiger partial charge in [0.15, 0.2) is 0 Å².